The van der Waals surface area contributed by atoms with Crippen molar-refractivity contribution in [1.82, 2.24) is 4.90 Å². The Morgan fingerprint density at radius 2 is 2.00 bits per heavy atom. The highest BCUT2D eigenvalue weighted by molar-refractivity contribution is 5.85. The highest BCUT2D eigenvalue weighted by Gasteiger charge is 2.36. The molecule has 0 heterocycles. The summed E-state index contributed by atoms with van der Waals surface area (Å²) >= 11 is 0. The largest absolute Gasteiger partial charge is 0.388 e. The topological polar surface area (TPSA) is 66.6 Å². The summed E-state index contributed by atoms with van der Waals surface area (Å²) in [6.45, 7) is 4.04. The van der Waals surface area contributed by atoms with Crippen LogP contribution < -0.4 is 5.73 Å². The number of nitrogens with two attached hydrogens (primary N) is 1. The quantitative estimate of drug-likeness (QED) is 0.750. The summed E-state index contributed by atoms with van der Waals surface area (Å²) in [5.74, 6) is -0.0877. The molecule has 94 valence electrons. The molecule has 4 heteroatoms. The van der Waals surface area contributed by atoms with Gasteiger partial charge >= 0.3 is 0 Å². The lowest BCUT2D eigenvalue weighted by Gasteiger charge is -2.33. The van der Waals surface area contributed by atoms with Crippen LogP contribution in [-0.4, -0.2) is 40.6 Å². The van der Waals surface area contributed by atoms with Crippen LogP contribution in [0.3, 0.4) is 0 Å². The van der Waals surface area contributed by atoms with Crippen LogP contribution in [0, 0.1) is 0 Å². The number of likely N-dealkylation sites (N-methyl/N-ethyl adjacent to an activating group) is 1. The van der Waals surface area contributed by atoms with E-state index >= 15 is 0 Å². The molecule has 0 aromatic carbocycles. The molecule has 1 fully saturated rings. The van der Waals surface area contributed by atoms with Crippen LogP contribution in [0.2, 0.25) is 0 Å². The number of nitrogens with zero attached hydrogens (tertiary/aromatic N) is 1. The summed E-state index contributed by atoms with van der Waals surface area (Å²) in [5, 5.41) is 10.2. The van der Waals surface area contributed by atoms with Gasteiger partial charge in [-0.25, -0.2) is 0 Å². The number of rotatable bonds is 4. The van der Waals surface area contributed by atoms with Crippen molar-refractivity contribution in [2.45, 2.75) is 57.1 Å². The van der Waals surface area contributed by atoms with E-state index in [1.165, 1.54) is 0 Å². The van der Waals surface area contributed by atoms with E-state index in [0.29, 0.717) is 13.0 Å². The Balaban J connectivity index is 2.58. The van der Waals surface area contributed by atoms with Crippen molar-refractivity contribution in [3.8, 4) is 0 Å². The molecular weight excluding hydrogens is 204 g/mol. The summed E-state index contributed by atoms with van der Waals surface area (Å²) in [5.41, 5.74) is 4.40. The van der Waals surface area contributed by atoms with Gasteiger partial charge in [-0.2, -0.15) is 0 Å². The molecule has 0 saturated heterocycles. The van der Waals surface area contributed by atoms with Crippen molar-refractivity contribution in [3.63, 3.8) is 0 Å². The van der Waals surface area contributed by atoms with Crippen molar-refractivity contribution in [1.29, 1.82) is 0 Å². The summed E-state index contributed by atoms with van der Waals surface area (Å²) in [6.07, 6.45) is 4.28. The van der Waals surface area contributed by atoms with Gasteiger partial charge in [-0.05, 0) is 26.2 Å². The van der Waals surface area contributed by atoms with E-state index in [9.17, 15) is 9.90 Å². The molecule has 0 aromatic heterocycles. The van der Waals surface area contributed by atoms with Gasteiger partial charge in [0.1, 0.15) is 0 Å². The molecule has 1 saturated carbocycles. The van der Waals surface area contributed by atoms with Crippen LogP contribution in [0.5, 0.6) is 0 Å². The van der Waals surface area contributed by atoms with Crippen LogP contribution >= 0.6 is 0 Å². The van der Waals surface area contributed by atoms with Gasteiger partial charge in [-0.3, -0.25) is 4.79 Å². The van der Waals surface area contributed by atoms with Gasteiger partial charge in [0.05, 0.1) is 11.1 Å². The predicted molar refractivity (Wildman–Crippen MR) is 63.9 cm³/mol. The fourth-order valence-corrected chi connectivity index (χ4v) is 2.29. The zero-order valence-corrected chi connectivity index (χ0v) is 10.6. The molecule has 1 rings (SSSR count). The number of carbonyl (C=O) groups is 1. The lowest BCUT2D eigenvalue weighted by Crippen LogP contribution is -2.54. The van der Waals surface area contributed by atoms with Crippen molar-refractivity contribution >= 4 is 5.91 Å². The lowest BCUT2D eigenvalue weighted by molar-refractivity contribution is -0.138. The lowest BCUT2D eigenvalue weighted by atomic mass is 9.96. The first-order valence-electron chi connectivity index (χ1n) is 6.07. The molecule has 16 heavy (non-hydrogen) atoms. The fourth-order valence-electron chi connectivity index (χ4n) is 2.29. The minimum atomic E-state index is -0.816. The summed E-state index contributed by atoms with van der Waals surface area (Å²) in [7, 11) is 1.72. The van der Waals surface area contributed by atoms with Crippen LogP contribution in [-0.2, 0) is 4.79 Å². The average Bonchev–Trinajstić information content (AvgIpc) is 2.63. The molecule has 0 spiro atoms. The standard InChI is InChI=1S/C12H24N2O2/c1-4-11(2,13)10(15)14(3)9-12(16)7-5-6-8-12/h16H,4-9,13H2,1-3H3. The van der Waals surface area contributed by atoms with Gasteiger partial charge in [-0.15, -0.1) is 0 Å². The van der Waals surface area contributed by atoms with E-state index in [1.54, 1.807) is 18.9 Å². The number of carbonyl (C=O) groups excluding carboxylic acids is 1. The molecule has 1 unspecified atom stereocenters. The van der Waals surface area contributed by atoms with Gasteiger partial charge < -0.3 is 15.7 Å². The first kappa shape index (κ1) is 13.5. The molecule has 0 aromatic rings. The second-order valence-electron chi connectivity index (χ2n) is 5.36. The van der Waals surface area contributed by atoms with Crippen LogP contribution in [0.1, 0.15) is 46.0 Å². The minimum Gasteiger partial charge on any atom is -0.388 e. The van der Waals surface area contributed by atoms with Gasteiger partial charge in [0.2, 0.25) is 5.91 Å². The maximum atomic E-state index is 12.0. The Morgan fingerprint density at radius 1 is 1.50 bits per heavy atom. The Kier molecular flexibility index (Phi) is 3.97. The molecule has 1 amide bonds. The van der Waals surface area contributed by atoms with Crippen LogP contribution in [0.15, 0.2) is 0 Å². The smallest absolute Gasteiger partial charge is 0.242 e. The monoisotopic (exact) mass is 228 g/mol. The van der Waals surface area contributed by atoms with Gasteiger partial charge in [0.15, 0.2) is 0 Å². The van der Waals surface area contributed by atoms with Gasteiger partial charge in [-0.1, -0.05) is 19.8 Å². The average molecular weight is 228 g/mol. The van der Waals surface area contributed by atoms with Gasteiger partial charge in [0, 0.05) is 13.6 Å². The molecule has 0 aliphatic heterocycles. The highest BCUT2D eigenvalue weighted by atomic mass is 16.3. The van der Waals surface area contributed by atoms with Crippen LogP contribution in [0.25, 0.3) is 0 Å². The van der Waals surface area contributed by atoms with Crippen molar-refractivity contribution in [2.24, 2.45) is 5.73 Å². The molecular formula is C12H24N2O2. The van der Waals surface area contributed by atoms with Crippen LogP contribution in [0.4, 0.5) is 0 Å². The molecule has 4 nitrogen and oxygen atoms in total. The van der Waals surface area contributed by atoms with E-state index in [2.05, 4.69) is 0 Å². The van der Waals surface area contributed by atoms with E-state index in [-0.39, 0.29) is 5.91 Å². The fraction of sp³-hybridized carbons (Fsp3) is 0.917. The number of amides is 1. The van der Waals surface area contributed by atoms with E-state index in [1.807, 2.05) is 6.92 Å². The molecule has 1 aliphatic rings. The zero-order chi connectivity index (χ0) is 12.4. The Labute approximate surface area is 97.8 Å². The van der Waals surface area contributed by atoms with Crippen molar-refractivity contribution in [3.05, 3.63) is 0 Å². The summed E-state index contributed by atoms with van der Waals surface area (Å²) in [6, 6.07) is 0. The minimum absolute atomic E-state index is 0.0877. The first-order chi connectivity index (χ1) is 7.31. The third-order valence-corrected chi connectivity index (χ3v) is 3.64. The Bertz CT molecular complexity index is 258. The third-order valence-electron chi connectivity index (χ3n) is 3.64. The zero-order valence-electron chi connectivity index (χ0n) is 10.6. The SMILES string of the molecule is CCC(C)(N)C(=O)N(C)CC1(O)CCCC1. The van der Waals surface area contributed by atoms with Crippen molar-refractivity contribution < 1.29 is 9.90 Å². The molecule has 3 N–H and O–H groups in total. The molecule has 0 radical (unpaired) electrons. The predicted octanol–water partition coefficient (Wildman–Crippen LogP) is 0.877. The normalized spacial score (nSPS) is 22.8. The van der Waals surface area contributed by atoms with E-state index in [0.717, 1.165) is 25.7 Å². The van der Waals surface area contributed by atoms with Crippen molar-refractivity contribution in [2.75, 3.05) is 13.6 Å². The van der Waals surface area contributed by atoms with E-state index < -0.39 is 11.1 Å². The third kappa shape index (κ3) is 2.95. The Morgan fingerprint density at radius 3 is 2.44 bits per heavy atom. The van der Waals surface area contributed by atoms with E-state index in [4.69, 9.17) is 5.73 Å². The number of hydrogen-bond acceptors (Lipinski definition) is 3. The maximum absolute atomic E-state index is 12.0. The second-order valence-corrected chi connectivity index (χ2v) is 5.36. The number of aliphatic hydroxyl groups is 1. The summed E-state index contributed by atoms with van der Waals surface area (Å²) in [4.78, 5) is 13.6. The Hall–Kier alpha value is -0.610. The van der Waals surface area contributed by atoms with Gasteiger partial charge in [0.25, 0.3) is 0 Å². The summed E-state index contributed by atoms with van der Waals surface area (Å²) < 4.78 is 0. The first-order valence-corrected chi connectivity index (χ1v) is 6.07. The highest BCUT2D eigenvalue weighted by Crippen LogP contribution is 2.30. The number of hydrogen-bond donors (Lipinski definition) is 2. The molecule has 0 bridgehead atoms. The maximum Gasteiger partial charge on any atom is 0.242 e. The molecule has 1 aliphatic carbocycles. The second kappa shape index (κ2) is 4.72. The molecule has 1 atom stereocenters.